The van der Waals surface area contributed by atoms with Gasteiger partial charge in [-0.05, 0) is 31.0 Å². The molecule has 0 bridgehead atoms. The maximum absolute atomic E-state index is 14.7. The highest BCUT2D eigenvalue weighted by Crippen LogP contribution is 2.41. The van der Waals surface area contributed by atoms with Crippen LogP contribution in [-0.4, -0.2) is 22.4 Å². The van der Waals surface area contributed by atoms with Gasteiger partial charge in [-0.1, -0.05) is 32.0 Å². The highest BCUT2D eigenvalue weighted by atomic mass is 19.2. The molecule has 33 heavy (non-hydrogen) atoms. The molecule has 2 aromatic carbocycles. The van der Waals surface area contributed by atoms with Crippen molar-refractivity contribution in [1.29, 1.82) is 0 Å². The Balaban J connectivity index is 1.65. The Morgan fingerprint density at radius 3 is 2.64 bits per heavy atom. The van der Waals surface area contributed by atoms with Crippen molar-refractivity contribution in [2.45, 2.75) is 26.7 Å². The van der Waals surface area contributed by atoms with Crippen LogP contribution in [0.3, 0.4) is 0 Å². The maximum Gasteiger partial charge on any atom is 0.511 e. The molecule has 1 aliphatic rings. The van der Waals surface area contributed by atoms with E-state index in [4.69, 9.17) is 14.6 Å². The topological polar surface area (TPSA) is 87.0 Å². The van der Waals surface area contributed by atoms with Crippen LogP contribution in [0.5, 0.6) is 17.2 Å². The molecule has 3 aromatic rings. The highest BCUT2D eigenvalue weighted by Gasteiger charge is 2.32. The average Bonchev–Trinajstić information content (AvgIpc) is 2.78. The third-order valence-corrected chi connectivity index (χ3v) is 5.42. The number of para-hydroxylation sites is 1. The molecule has 0 amide bonds. The lowest BCUT2D eigenvalue weighted by atomic mass is 9.85. The van der Waals surface area contributed by atoms with Crippen LogP contribution in [0.2, 0.25) is 0 Å². The Morgan fingerprint density at radius 2 is 1.94 bits per heavy atom. The summed E-state index contributed by atoms with van der Waals surface area (Å²) >= 11 is 0. The van der Waals surface area contributed by atoms with Gasteiger partial charge in [0.2, 0.25) is 11.2 Å². The molecule has 0 saturated carbocycles. The molecule has 0 saturated heterocycles. The summed E-state index contributed by atoms with van der Waals surface area (Å²) < 4.78 is 46.3. The van der Waals surface area contributed by atoms with Crippen LogP contribution in [-0.2, 0) is 0 Å². The number of allylic oxidation sites excluding steroid dienone is 1. The average molecular weight is 457 g/mol. The number of carboxylic acid groups (broad SMARTS) is 1. The quantitative estimate of drug-likeness (QED) is 0.377. The molecule has 172 valence electrons. The third-order valence-electron chi connectivity index (χ3n) is 5.42. The fourth-order valence-corrected chi connectivity index (χ4v) is 3.69. The van der Waals surface area contributed by atoms with Crippen LogP contribution < -0.4 is 19.6 Å². The molecule has 1 aromatic heterocycles. The lowest BCUT2D eigenvalue weighted by Crippen LogP contribution is -2.25. The monoisotopic (exact) mass is 457 g/mol. The molecular weight excluding hydrogens is 436 g/mol. The molecule has 7 nitrogen and oxygen atoms in total. The number of hydrogen-bond acceptors (Lipinski definition) is 5. The van der Waals surface area contributed by atoms with E-state index < -0.39 is 40.1 Å². The molecule has 0 atom stereocenters. The predicted octanol–water partition coefficient (Wildman–Crippen LogP) is 5.41. The van der Waals surface area contributed by atoms with E-state index in [0.717, 1.165) is 11.9 Å². The highest BCUT2D eigenvalue weighted by molar-refractivity contribution is 5.89. The summed E-state index contributed by atoms with van der Waals surface area (Å²) in [6.45, 7) is 4.19. The number of hydrogen-bond donors (Lipinski definition) is 1. The van der Waals surface area contributed by atoms with Crippen molar-refractivity contribution >= 4 is 23.3 Å². The molecule has 1 aliphatic heterocycles. The summed E-state index contributed by atoms with van der Waals surface area (Å²) in [5.74, 6) is -2.43. The minimum Gasteiger partial charge on any atom is -0.494 e. The maximum atomic E-state index is 14.7. The first-order chi connectivity index (χ1) is 15.7. The van der Waals surface area contributed by atoms with E-state index in [1.165, 1.54) is 10.8 Å². The number of ether oxygens (including phenoxy) is 3. The lowest BCUT2D eigenvalue weighted by Gasteiger charge is -2.31. The Bertz CT molecular complexity index is 1310. The molecule has 4 rings (SSSR count). The number of benzene rings is 2. The number of aromatic nitrogens is 1. The lowest BCUT2D eigenvalue weighted by molar-refractivity contribution is 0.144. The predicted molar refractivity (Wildman–Crippen MR) is 117 cm³/mol. The summed E-state index contributed by atoms with van der Waals surface area (Å²) in [7, 11) is 0. The summed E-state index contributed by atoms with van der Waals surface area (Å²) in [6.07, 6.45) is 2.17. The fraction of sp³-hybridized carbons (Fsp3) is 0.250. The van der Waals surface area contributed by atoms with E-state index in [1.54, 1.807) is 0 Å². The van der Waals surface area contributed by atoms with Crippen LogP contribution in [0.25, 0.3) is 17.1 Å². The van der Waals surface area contributed by atoms with Gasteiger partial charge in [-0.3, -0.25) is 4.79 Å². The fourth-order valence-electron chi connectivity index (χ4n) is 3.69. The van der Waals surface area contributed by atoms with E-state index in [2.05, 4.69) is 4.74 Å². The van der Waals surface area contributed by atoms with Crippen molar-refractivity contribution in [3.8, 4) is 17.2 Å². The van der Waals surface area contributed by atoms with Gasteiger partial charge in [0.1, 0.15) is 17.0 Å². The summed E-state index contributed by atoms with van der Waals surface area (Å²) in [4.78, 5) is 23.5. The molecular formula is C24H21F2NO6. The van der Waals surface area contributed by atoms with Gasteiger partial charge in [0.15, 0.2) is 17.3 Å². The number of nitrogens with zero attached hydrogens (tertiary/aromatic N) is 1. The molecule has 0 aliphatic carbocycles. The van der Waals surface area contributed by atoms with Gasteiger partial charge in [-0.2, -0.15) is 4.39 Å². The largest absolute Gasteiger partial charge is 0.511 e. The molecule has 0 radical (unpaired) electrons. The number of pyridine rings is 1. The van der Waals surface area contributed by atoms with Crippen molar-refractivity contribution in [3.05, 3.63) is 70.2 Å². The van der Waals surface area contributed by atoms with Crippen molar-refractivity contribution in [3.63, 3.8) is 0 Å². The first kappa shape index (κ1) is 22.3. The van der Waals surface area contributed by atoms with Crippen LogP contribution in [0.15, 0.2) is 53.1 Å². The second-order valence-corrected chi connectivity index (χ2v) is 8.24. The van der Waals surface area contributed by atoms with Crippen LogP contribution in [0.1, 0.15) is 26.7 Å². The zero-order valence-corrected chi connectivity index (χ0v) is 17.9. The van der Waals surface area contributed by atoms with Gasteiger partial charge in [-0.25, -0.2) is 9.18 Å². The number of carbonyl (C=O) groups is 1. The standard InChI is InChI=1S/C24H21F2NO6/c1-24(2,9-6-10-31-14-7-4-3-5-8-14)18-13-27-12-17(32-23(29)30)21(28)15-11-16(25)19(26)22(33-18)20(15)27/h3-5,7-8,11-13H,6,9-10H2,1-2H3,(H,29,30). The molecule has 0 fully saturated rings. The second kappa shape index (κ2) is 8.57. The zero-order valence-electron chi connectivity index (χ0n) is 17.9. The van der Waals surface area contributed by atoms with Gasteiger partial charge >= 0.3 is 6.16 Å². The second-order valence-electron chi connectivity index (χ2n) is 8.24. The van der Waals surface area contributed by atoms with E-state index >= 15 is 0 Å². The van der Waals surface area contributed by atoms with E-state index in [-0.39, 0.29) is 10.9 Å². The van der Waals surface area contributed by atoms with Crippen molar-refractivity contribution in [2.75, 3.05) is 6.61 Å². The summed E-state index contributed by atoms with van der Waals surface area (Å²) in [6, 6.07) is 10.0. The van der Waals surface area contributed by atoms with Crippen LogP contribution in [0, 0.1) is 17.0 Å². The number of rotatable bonds is 7. The van der Waals surface area contributed by atoms with E-state index in [1.807, 2.05) is 44.2 Å². The van der Waals surface area contributed by atoms with Gasteiger partial charge in [0, 0.05) is 11.6 Å². The molecule has 0 unspecified atom stereocenters. The van der Waals surface area contributed by atoms with E-state index in [0.29, 0.717) is 31.3 Å². The Morgan fingerprint density at radius 1 is 1.21 bits per heavy atom. The number of halogens is 2. The Kier molecular flexibility index (Phi) is 5.80. The molecule has 2 heterocycles. The smallest absolute Gasteiger partial charge is 0.494 e. The first-order valence-electron chi connectivity index (χ1n) is 10.2. The van der Waals surface area contributed by atoms with Gasteiger partial charge in [-0.15, -0.1) is 0 Å². The minimum atomic E-state index is -1.70. The van der Waals surface area contributed by atoms with Crippen LogP contribution in [0.4, 0.5) is 13.6 Å². The van der Waals surface area contributed by atoms with Gasteiger partial charge < -0.3 is 23.9 Å². The normalized spacial score (nSPS) is 12.8. The minimum absolute atomic E-state index is 0.0106. The van der Waals surface area contributed by atoms with Crippen LogP contribution >= 0.6 is 0 Å². The van der Waals surface area contributed by atoms with Gasteiger partial charge in [0.25, 0.3) is 0 Å². The third kappa shape index (κ3) is 4.39. The van der Waals surface area contributed by atoms with Crippen molar-refractivity contribution in [2.24, 2.45) is 5.41 Å². The Labute approximate surface area is 187 Å². The zero-order chi connectivity index (χ0) is 23.8. The van der Waals surface area contributed by atoms with Crippen molar-refractivity contribution < 1.29 is 32.9 Å². The van der Waals surface area contributed by atoms with Crippen molar-refractivity contribution in [1.82, 2.24) is 4.57 Å². The summed E-state index contributed by atoms with van der Waals surface area (Å²) in [5.41, 5.74) is -1.52. The first-order valence-corrected chi connectivity index (χ1v) is 10.2. The Hall–Kier alpha value is -3.88. The molecule has 1 N–H and O–H groups in total. The molecule has 0 spiro atoms. The molecule has 9 heteroatoms. The van der Waals surface area contributed by atoms with Gasteiger partial charge in [0.05, 0.1) is 18.2 Å². The summed E-state index contributed by atoms with van der Waals surface area (Å²) in [5, 5.41) is 8.66. The van der Waals surface area contributed by atoms with E-state index in [9.17, 15) is 18.4 Å². The SMILES string of the molecule is CC(C)(CCCOc1ccccc1)C1=Cn2cc(OC(=O)O)c(=O)c3cc(F)c(F)c(c32)O1.